The Bertz CT molecular complexity index is 1090. The van der Waals surface area contributed by atoms with E-state index in [1.165, 1.54) is 13.3 Å². The van der Waals surface area contributed by atoms with Crippen LogP contribution < -0.4 is 16.1 Å². The zero-order valence-electron chi connectivity index (χ0n) is 16.2. The number of oxime groups is 1. The fraction of sp³-hybridized carbons (Fsp3) is 0.474. The van der Waals surface area contributed by atoms with Gasteiger partial charge in [0.25, 0.3) is 0 Å². The number of pyridine rings is 2. The Morgan fingerprint density at radius 1 is 1.48 bits per heavy atom. The highest BCUT2D eigenvalue weighted by molar-refractivity contribution is 5.95. The molecule has 0 amide bonds. The summed E-state index contributed by atoms with van der Waals surface area (Å²) in [6.07, 6.45) is 3.50. The van der Waals surface area contributed by atoms with Gasteiger partial charge < -0.3 is 25.1 Å². The third-order valence-electron chi connectivity index (χ3n) is 5.41. The second-order valence-corrected chi connectivity index (χ2v) is 7.79. The van der Waals surface area contributed by atoms with Crippen molar-refractivity contribution in [1.29, 1.82) is 0 Å². The fourth-order valence-electron chi connectivity index (χ4n) is 3.78. The molecule has 1 aliphatic carbocycles. The third kappa shape index (κ3) is 3.33. The highest BCUT2D eigenvalue weighted by atomic mass is 19.1. The van der Waals surface area contributed by atoms with Crippen molar-refractivity contribution in [2.24, 2.45) is 10.9 Å². The minimum atomic E-state index is -1.34. The molecule has 3 N–H and O–H groups in total. The first-order chi connectivity index (χ1) is 13.7. The number of hydrogen-bond donors (Lipinski definition) is 2. The topological polar surface area (TPSA) is 123 Å². The zero-order valence-corrected chi connectivity index (χ0v) is 16.2. The molecule has 29 heavy (non-hydrogen) atoms. The first-order valence-corrected chi connectivity index (χ1v) is 9.36. The van der Waals surface area contributed by atoms with Crippen LogP contribution in [0.2, 0.25) is 0 Å². The van der Waals surface area contributed by atoms with Crippen LogP contribution in [0.1, 0.15) is 42.6 Å². The van der Waals surface area contributed by atoms with E-state index >= 15 is 0 Å². The maximum atomic E-state index is 15.0. The smallest absolute Gasteiger partial charge is 0.341 e. The Morgan fingerprint density at radius 3 is 2.79 bits per heavy atom. The Kier molecular flexibility index (Phi) is 4.53. The van der Waals surface area contributed by atoms with Crippen molar-refractivity contribution in [3.8, 4) is 0 Å². The fourth-order valence-corrected chi connectivity index (χ4v) is 3.78. The third-order valence-corrected chi connectivity index (χ3v) is 5.41. The van der Waals surface area contributed by atoms with Gasteiger partial charge in [-0.1, -0.05) is 5.16 Å². The molecule has 1 saturated carbocycles. The lowest BCUT2D eigenvalue weighted by atomic mass is 9.90. The molecular weight excluding hydrogens is 381 g/mol. The number of piperidine rings is 1. The number of rotatable bonds is 4. The molecule has 1 atom stereocenters. The maximum absolute atomic E-state index is 15.0. The van der Waals surface area contributed by atoms with Crippen LogP contribution in [0.5, 0.6) is 0 Å². The molecule has 2 fully saturated rings. The average molecular weight is 403 g/mol. The molecule has 4 rings (SSSR count). The van der Waals surface area contributed by atoms with Gasteiger partial charge in [-0.3, -0.25) is 4.79 Å². The van der Waals surface area contributed by atoms with Gasteiger partial charge in [0.05, 0.1) is 16.6 Å². The Labute approximate surface area is 165 Å². The molecule has 0 aromatic carbocycles. The van der Waals surface area contributed by atoms with Crippen molar-refractivity contribution in [1.82, 2.24) is 9.55 Å². The number of carboxylic acids is 1. The van der Waals surface area contributed by atoms with E-state index in [0.29, 0.717) is 18.7 Å². The molecule has 0 radical (unpaired) electrons. The van der Waals surface area contributed by atoms with Gasteiger partial charge in [-0.2, -0.15) is 0 Å². The number of nitrogens with zero attached hydrogens (tertiary/aromatic N) is 4. The molecule has 10 heteroatoms. The number of aromatic nitrogens is 2. The van der Waals surface area contributed by atoms with Crippen molar-refractivity contribution in [3.05, 3.63) is 33.9 Å². The first kappa shape index (κ1) is 19.3. The number of carbonyl (C=O) groups is 1. The highest BCUT2D eigenvalue weighted by Gasteiger charge is 2.36. The van der Waals surface area contributed by atoms with Crippen molar-refractivity contribution in [2.45, 2.75) is 37.8 Å². The number of aromatic carboxylic acids is 1. The standard InChI is InChI=1S/C19H22FN5O4/c1-19(21)9-24(6-5-14(19)23-29-2)17-13(20)7-11-15(26)12(18(27)28)8-25(10-3-4-10)16(11)22-17/h7-8,10H,3-6,9,21H2,1-2H3,(H,27,28)/b23-14+. The Hall–Kier alpha value is -3.01. The van der Waals surface area contributed by atoms with Crippen LogP contribution in [0, 0.1) is 5.82 Å². The minimum absolute atomic E-state index is 0.0350. The molecule has 154 valence electrons. The van der Waals surface area contributed by atoms with E-state index in [4.69, 9.17) is 10.6 Å². The monoisotopic (exact) mass is 403 g/mol. The second kappa shape index (κ2) is 6.80. The van der Waals surface area contributed by atoms with Crippen LogP contribution in [0.25, 0.3) is 11.0 Å². The molecule has 9 nitrogen and oxygen atoms in total. The van der Waals surface area contributed by atoms with Crippen molar-refractivity contribution in [2.75, 3.05) is 25.1 Å². The molecule has 3 heterocycles. The van der Waals surface area contributed by atoms with Crippen LogP contribution in [-0.4, -0.2) is 52.1 Å². The number of fused-ring (bicyclic) bond motifs is 1. The van der Waals surface area contributed by atoms with Crippen molar-refractivity contribution >= 4 is 28.5 Å². The summed E-state index contributed by atoms with van der Waals surface area (Å²) in [5.74, 6) is -1.94. The summed E-state index contributed by atoms with van der Waals surface area (Å²) in [6, 6.07) is 1.14. The van der Waals surface area contributed by atoms with Crippen LogP contribution in [-0.2, 0) is 4.84 Å². The zero-order chi connectivity index (χ0) is 20.9. The molecule has 2 aliphatic rings. The molecule has 1 unspecified atom stereocenters. The van der Waals surface area contributed by atoms with Crippen LogP contribution in [0.4, 0.5) is 10.2 Å². The van der Waals surface area contributed by atoms with E-state index in [0.717, 1.165) is 18.9 Å². The van der Waals surface area contributed by atoms with Crippen LogP contribution >= 0.6 is 0 Å². The highest BCUT2D eigenvalue weighted by Crippen LogP contribution is 2.37. The summed E-state index contributed by atoms with van der Waals surface area (Å²) in [4.78, 5) is 35.0. The first-order valence-electron chi connectivity index (χ1n) is 9.36. The quantitative estimate of drug-likeness (QED) is 0.742. The van der Waals surface area contributed by atoms with Gasteiger partial charge in [-0.15, -0.1) is 0 Å². The molecule has 2 aromatic rings. The summed E-state index contributed by atoms with van der Waals surface area (Å²) in [7, 11) is 1.45. The normalized spacial score (nSPS) is 23.6. The summed E-state index contributed by atoms with van der Waals surface area (Å²) in [6.45, 7) is 2.49. The molecule has 0 bridgehead atoms. The van der Waals surface area contributed by atoms with Gasteiger partial charge in [0.2, 0.25) is 5.43 Å². The van der Waals surface area contributed by atoms with Gasteiger partial charge in [0.15, 0.2) is 11.6 Å². The van der Waals surface area contributed by atoms with Crippen molar-refractivity contribution < 1.29 is 19.1 Å². The van der Waals surface area contributed by atoms with Crippen LogP contribution in [0.15, 0.2) is 22.2 Å². The lowest BCUT2D eigenvalue weighted by Gasteiger charge is -2.39. The van der Waals surface area contributed by atoms with Gasteiger partial charge in [0, 0.05) is 31.7 Å². The Balaban J connectivity index is 1.83. The van der Waals surface area contributed by atoms with Gasteiger partial charge >= 0.3 is 5.97 Å². The van der Waals surface area contributed by atoms with Crippen LogP contribution in [0.3, 0.4) is 0 Å². The number of hydrogen-bond acceptors (Lipinski definition) is 7. The lowest BCUT2D eigenvalue weighted by Crippen LogP contribution is -2.59. The van der Waals surface area contributed by atoms with E-state index in [2.05, 4.69) is 10.1 Å². The van der Waals surface area contributed by atoms with E-state index < -0.39 is 22.8 Å². The van der Waals surface area contributed by atoms with Gasteiger partial charge in [-0.25, -0.2) is 14.2 Å². The Morgan fingerprint density at radius 2 is 2.21 bits per heavy atom. The van der Waals surface area contributed by atoms with E-state index in [9.17, 15) is 19.1 Å². The predicted octanol–water partition coefficient (Wildman–Crippen LogP) is 1.50. The average Bonchev–Trinajstić information content (AvgIpc) is 3.48. The summed E-state index contributed by atoms with van der Waals surface area (Å²) >= 11 is 0. The van der Waals surface area contributed by atoms with Gasteiger partial charge in [-0.05, 0) is 25.8 Å². The molecule has 1 aliphatic heterocycles. The second-order valence-electron chi connectivity index (χ2n) is 7.79. The number of anilines is 1. The van der Waals surface area contributed by atoms with Crippen molar-refractivity contribution in [3.63, 3.8) is 0 Å². The summed E-state index contributed by atoms with van der Waals surface area (Å²) < 4.78 is 16.6. The molecule has 0 spiro atoms. The lowest BCUT2D eigenvalue weighted by molar-refractivity contribution is 0.0695. The predicted molar refractivity (Wildman–Crippen MR) is 105 cm³/mol. The van der Waals surface area contributed by atoms with E-state index in [-0.39, 0.29) is 35.0 Å². The molecular formula is C19H22FN5O4. The van der Waals surface area contributed by atoms with Gasteiger partial charge in [0.1, 0.15) is 18.3 Å². The maximum Gasteiger partial charge on any atom is 0.341 e. The number of halogens is 1. The largest absolute Gasteiger partial charge is 0.477 e. The SMILES string of the molecule is CO/N=C1\CCN(c2nc3c(cc2F)c(=O)c(C(=O)O)cn3C2CC2)CC1(C)N. The summed E-state index contributed by atoms with van der Waals surface area (Å²) in [5, 5.41) is 13.3. The number of nitrogens with two attached hydrogens (primary N) is 1. The summed E-state index contributed by atoms with van der Waals surface area (Å²) in [5.41, 5.74) is 5.35. The molecule has 2 aromatic heterocycles. The minimum Gasteiger partial charge on any atom is -0.477 e. The molecule has 1 saturated heterocycles. The van der Waals surface area contributed by atoms with E-state index in [1.807, 2.05) is 0 Å². The number of carboxylic acid groups (broad SMARTS) is 1. The van der Waals surface area contributed by atoms with E-state index in [1.54, 1.807) is 16.4 Å².